The number of likely N-dealkylation sites (N-methyl/N-ethyl adjacent to an activating group) is 2. The molecule has 0 fully saturated rings. The molecular weight excluding hydrogens is 496 g/mol. The van der Waals surface area contributed by atoms with E-state index in [1.165, 1.54) is 33.9 Å². The van der Waals surface area contributed by atoms with Gasteiger partial charge in [-0.25, -0.2) is 0 Å². The van der Waals surface area contributed by atoms with E-state index in [2.05, 4.69) is 116 Å². The first-order valence-electron chi connectivity index (χ1n) is 15.2. The molecule has 0 amide bonds. The Morgan fingerprint density at radius 1 is 0.550 bits per heavy atom. The molecule has 0 atom stereocenters. The van der Waals surface area contributed by atoms with Crippen molar-refractivity contribution in [3.8, 4) is 0 Å². The lowest BCUT2D eigenvalue weighted by atomic mass is 9.85. The Labute approximate surface area is 245 Å². The monoisotopic (exact) mass is 554 g/mol. The number of nitrogens with zero attached hydrogens (tertiary/aromatic N) is 4. The molecule has 1 heterocycles. The average Bonchev–Trinajstić information content (AvgIpc) is 2.86. The van der Waals surface area contributed by atoms with Gasteiger partial charge in [0.05, 0.1) is 90.2 Å². The molecule has 0 bridgehead atoms. The highest BCUT2D eigenvalue weighted by Gasteiger charge is 2.33. The van der Waals surface area contributed by atoms with Crippen LogP contribution >= 0.6 is 0 Å². The Balaban J connectivity index is 2.14. The van der Waals surface area contributed by atoms with Crippen LogP contribution in [-0.2, 0) is 10.8 Å². The number of aliphatic hydroxyl groups excluding tert-OH is 2. The highest BCUT2D eigenvalue weighted by Crippen LogP contribution is 2.50. The van der Waals surface area contributed by atoms with Crippen molar-refractivity contribution in [3.63, 3.8) is 0 Å². The van der Waals surface area contributed by atoms with Crippen LogP contribution in [0, 0.1) is 0 Å². The Hall–Kier alpha value is -2.12. The second-order valence-electron chi connectivity index (χ2n) is 15.1. The molecule has 0 aromatic heterocycles. The van der Waals surface area contributed by atoms with E-state index < -0.39 is 0 Å². The van der Waals surface area contributed by atoms with E-state index in [-0.39, 0.29) is 24.0 Å². The Kier molecular flexibility index (Phi) is 10.0. The van der Waals surface area contributed by atoms with E-state index in [1.54, 1.807) is 0 Å². The second-order valence-corrected chi connectivity index (χ2v) is 15.1. The highest BCUT2D eigenvalue weighted by molar-refractivity contribution is 5.94. The summed E-state index contributed by atoms with van der Waals surface area (Å²) in [5, 5.41) is 18.9. The Bertz CT molecular complexity index is 1040. The molecule has 0 aliphatic carbocycles. The SMILES string of the molecule is CC(C)(C)c1ccc2c(c1)N(CC[N+](C)(C)CCCO)c1ccc(C(C)(C)C)cc1N2CC[N+](C)(C)CCCO. The average molecular weight is 555 g/mol. The van der Waals surface area contributed by atoms with Gasteiger partial charge in [0.15, 0.2) is 0 Å². The minimum Gasteiger partial charge on any atom is -0.396 e. The number of hydrogen-bond acceptors (Lipinski definition) is 4. The van der Waals surface area contributed by atoms with Crippen molar-refractivity contribution in [2.75, 3.05) is 90.5 Å². The minimum atomic E-state index is 0.0571. The van der Waals surface area contributed by atoms with Gasteiger partial charge in [0.25, 0.3) is 0 Å². The van der Waals surface area contributed by atoms with Crippen LogP contribution in [0.4, 0.5) is 22.7 Å². The zero-order chi connectivity index (χ0) is 29.9. The summed E-state index contributed by atoms with van der Waals surface area (Å²) >= 11 is 0. The number of aliphatic hydroxyl groups is 2. The number of quaternary nitrogens is 2. The zero-order valence-electron chi connectivity index (χ0n) is 27.2. The third-order valence-corrected chi connectivity index (χ3v) is 8.55. The van der Waals surface area contributed by atoms with Gasteiger partial charge in [-0.1, -0.05) is 53.7 Å². The summed E-state index contributed by atoms with van der Waals surface area (Å²) in [5.74, 6) is 0. The van der Waals surface area contributed by atoms with Gasteiger partial charge in [-0.3, -0.25) is 0 Å². The van der Waals surface area contributed by atoms with E-state index in [0.717, 1.165) is 61.1 Å². The molecule has 2 aromatic carbocycles. The number of anilines is 4. The largest absolute Gasteiger partial charge is 0.396 e. The lowest BCUT2D eigenvalue weighted by Gasteiger charge is -2.43. The van der Waals surface area contributed by atoms with Crippen molar-refractivity contribution >= 4 is 22.7 Å². The van der Waals surface area contributed by atoms with Gasteiger partial charge in [-0.2, -0.15) is 0 Å². The van der Waals surface area contributed by atoms with Crippen molar-refractivity contribution in [2.45, 2.75) is 65.2 Å². The number of benzene rings is 2. The van der Waals surface area contributed by atoms with Crippen molar-refractivity contribution in [1.29, 1.82) is 0 Å². The molecule has 0 saturated heterocycles. The van der Waals surface area contributed by atoms with Crippen LogP contribution in [0.5, 0.6) is 0 Å². The maximum absolute atomic E-state index is 9.45. The first-order valence-corrected chi connectivity index (χ1v) is 15.2. The van der Waals surface area contributed by atoms with Gasteiger partial charge in [-0.15, -0.1) is 0 Å². The summed E-state index contributed by atoms with van der Waals surface area (Å²) in [6, 6.07) is 14.2. The fraction of sp³-hybridized carbons (Fsp3) is 0.647. The maximum Gasteiger partial charge on any atom is 0.0964 e. The normalized spacial score (nSPS) is 14.4. The van der Waals surface area contributed by atoms with Crippen LogP contribution in [0.2, 0.25) is 0 Å². The predicted octanol–water partition coefficient (Wildman–Crippen LogP) is 5.79. The van der Waals surface area contributed by atoms with E-state index in [9.17, 15) is 10.2 Å². The van der Waals surface area contributed by atoms with Crippen molar-refractivity contribution in [1.82, 2.24) is 0 Å². The number of rotatable bonds is 12. The molecule has 6 heteroatoms. The molecule has 2 N–H and O–H groups in total. The van der Waals surface area contributed by atoms with Crippen LogP contribution < -0.4 is 9.80 Å². The third-order valence-electron chi connectivity index (χ3n) is 8.55. The topological polar surface area (TPSA) is 46.9 Å². The molecule has 224 valence electrons. The first kappa shape index (κ1) is 32.4. The van der Waals surface area contributed by atoms with Crippen molar-refractivity contribution in [2.24, 2.45) is 0 Å². The molecule has 6 nitrogen and oxygen atoms in total. The summed E-state index contributed by atoms with van der Waals surface area (Å²) in [7, 11) is 9.09. The molecule has 0 spiro atoms. The second kappa shape index (κ2) is 12.4. The standard InChI is InChI=1S/C34H58N4O2/c1-33(2,3)27-13-15-29-31(25-27)35(17-21-37(7,8)19-11-23-39)30-16-14-28(34(4,5)6)26-32(30)36(29)18-22-38(9,10)20-12-24-40/h13-16,25-26,39-40H,11-12,17-24H2,1-10H3/q+2. The van der Waals surface area contributed by atoms with E-state index in [0.29, 0.717) is 0 Å². The highest BCUT2D eigenvalue weighted by atomic mass is 16.3. The van der Waals surface area contributed by atoms with E-state index in [1.807, 2.05) is 0 Å². The third kappa shape index (κ3) is 8.00. The summed E-state index contributed by atoms with van der Waals surface area (Å²) < 4.78 is 1.75. The summed E-state index contributed by atoms with van der Waals surface area (Å²) in [6.45, 7) is 19.9. The Morgan fingerprint density at radius 3 is 1.20 bits per heavy atom. The van der Waals surface area contributed by atoms with Gasteiger partial charge in [0.1, 0.15) is 0 Å². The smallest absolute Gasteiger partial charge is 0.0964 e. The van der Waals surface area contributed by atoms with Crippen molar-refractivity contribution in [3.05, 3.63) is 47.5 Å². The fourth-order valence-electron chi connectivity index (χ4n) is 5.57. The molecule has 2 aromatic rings. The molecule has 1 aliphatic heterocycles. The van der Waals surface area contributed by atoms with Gasteiger partial charge >= 0.3 is 0 Å². The molecule has 0 saturated carbocycles. The van der Waals surface area contributed by atoms with Crippen molar-refractivity contribution < 1.29 is 19.2 Å². The molecule has 40 heavy (non-hydrogen) atoms. The van der Waals surface area contributed by atoms with E-state index in [4.69, 9.17) is 0 Å². The summed E-state index contributed by atoms with van der Waals surface area (Å²) in [4.78, 5) is 5.10. The molecule has 0 radical (unpaired) electrons. The predicted molar refractivity (Wildman–Crippen MR) is 171 cm³/mol. The molecule has 1 aliphatic rings. The minimum absolute atomic E-state index is 0.0571. The van der Waals surface area contributed by atoms with Gasteiger partial charge in [0.2, 0.25) is 0 Å². The van der Waals surface area contributed by atoms with E-state index >= 15 is 0 Å². The first-order chi connectivity index (χ1) is 18.5. The summed E-state index contributed by atoms with van der Waals surface area (Å²) in [6.07, 6.45) is 1.64. The Morgan fingerprint density at radius 2 is 0.900 bits per heavy atom. The fourth-order valence-corrected chi connectivity index (χ4v) is 5.57. The van der Waals surface area contributed by atoms with Crippen LogP contribution in [-0.4, -0.2) is 99.9 Å². The maximum atomic E-state index is 9.45. The molecule has 3 rings (SSSR count). The van der Waals surface area contributed by atoms with Gasteiger partial charge in [0, 0.05) is 26.1 Å². The van der Waals surface area contributed by atoms with Crippen LogP contribution in [0.25, 0.3) is 0 Å². The number of fused-ring (bicyclic) bond motifs is 2. The lowest BCUT2D eigenvalue weighted by molar-refractivity contribution is -0.889. The number of hydrogen-bond donors (Lipinski definition) is 2. The van der Waals surface area contributed by atoms with Gasteiger partial charge in [-0.05, 0) is 46.2 Å². The molecular formula is C34H58N4O2+2. The lowest BCUT2D eigenvalue weighted by Crippen LogP contribution is -2.47. The van der Waals surface area contributed by atoms with Gasteiger partial charge < -0.3 is 29.0 Å². The van der Waals surface area contributed by atoms with Crippen LogP contribution in [0.3, 0.4) is 0 Å². The zero-order valence-corrected chi connectivity index (χ0v) is 27.2. The molecule has 0 unspecified atom stereocenters. The van der Waals surface area contributed by atoms with Crippen LogP contribution in [0.1, 0.15) is 65.5 Å². The quantitative estimate of drug-likeness (QED) is 0.326. The summed E-state index contributed by atoms with van der Waals surface area (Å²) in [5.41, 5.74) is 7.92. The van der Waals surface area contributed by atoms with Crippen LogP contribution in [0.15, 0.2) is 36.4 Å².